The fourth-order valence-electron chi connectivity index (χ4n) is 3.13. The lowest BCUT2D eigenvalue weighted by Gasteiger charge is -2.27. The first-order valence-electron chi connectivity index (χ1n) is 8.93. The Labute approximate surface area is 162 Å². The zero-order valence-electron chi connectivity index (χ0n) is 16.3. The second-order valence-electron chi connectivity index (χ2n) is 8.03. The van der Waals surface area contributed by atoms with Gasteiger partial charge in [0.2, 0.25) is 0 Å². The molecule has 1 fully saturated rings. The number of nitrogen functional groups attached to an aromatic ring is 1. The lowest BCUT2D eigenvalue weighted by Crippen LogP contribution is -2.39. The topological polar surface area (TPSA) is 141 Å². The number of ether oxygens (including phenoxy) is 3. The maximum atomic E-state index is 11.7. The maximum Gasteiger partial charge on any atom is 0.313 e. The summed E-state index contributed by atoms with van der Waals surface area (Å²) >= 11 is 0. The molecule has 0 bridgehead atoms. The first-order chi connectivity index (χ1) is 13.1. The van der Waals surface area contributed by atoms with E-state index >= 15 is 0 Å². The van der Waals surface area contributed by atoms with Crippen molar-refractivity contribution in [3.63, 3.8) is 0 Å². The van der Waals surface area contributed by atoms with Crippen molar-refractivity contribution in [1.82, 2.24) is 14.6 Å². The van der Waals surface area contributed by atoms with Crippen LogP contribution in [0.3, 0.4) is 0 Å². The van der Waals surface area contributed by atoms with Crippen LogP contribution in [0.15, 0.2) is 18.5 Å². The highest BCUT2D eigenvalue weighted by molar-refractivity contribution is 5.75. The van der Waals surface area contributed by atoms with Gasteiger partial charge in [0, 0.05) is 0 Å². The third-order valence-electron chi connectivity index (χ3n) is 4.82. The van der Waals surface area contributed by atoms with Crippen molar-refractivity contribution < 1.29 is 29.2 Å². The summed E-state index contributed by atoms with van der Waals surface area (Å²) in [5, 5.41) is 25.2. The molecule has 154 valence electrons. The highest BCUT2D eigenvalue weighted by Crippen LogP contribution is 2.40. The Balaban J connectivity index is 1.69. The molecule has 0 saturated carbocycles. The number of hydrogen-bond acceptors (Lipinski definition) is 9. The number of carbonyl (C=O) groups excluding carboxylic acids is 1. The van der Waals surface area contributed by atoms with E-state index in [-0.39, 0.29) is 13.4 Å². The van der Waals surface area contributed by atoms with Gasteiger partial charge in [-0.3, -0.25) is 4.79 Å². The first-order valence-corrected chi connectivity index (χ1v) is 8.93. The van der Waals surface area contributed by atoms with Gasteiger partial charge in [-0.1, -0.05) is 0 Å². The molecule has 2 aromatic rings. The summed E-state index contributed by atoms with van der Waals surface area (Å²) in [4.78, 5) is 15.7. The quantitative estimate of drug-likeness (QED) is 0.368. The number of aliphatic hydroxyl groups excluding tert-OH is 2. The van der Waals surface area contributed by atoms with Gasteiger partial charge in [-0.25, -0.2) is 9.50 Å². The summed E-state index contributed by atoms with van der Waals surface area (Å²) in [5.41, 5.74) is 5.05. The van der Waals surface area contributed by atoms with E-state index in [0.29, 0.717) is 17.0 Å². The Morgan fingerprint density at radius 2 is 2.11 bits per heavy atom. The highest BCUT2D eigenvalue weighted by Gasteiger charge is 2.53. The minimum absolute atomic E-state index is 0.0638. The van der Waals surface area contributed by atoms with Crippen LogP contribution in [-0.4, -0.2) is 62.5 Å². The Kier molecular flexibility index (Phi) is 5.32. The van der Waals surface area contributed by atoms with Gasteiger partial charge < -0.3 is 30.2 Å². The number of nitrogens with zero attached hydrogens (tertiary/aromatic N) is 3. The summed E-state index contributed by atoms with van der Waals surface area (Å²) in [5.74, 6) is -0.111. The van der Waals surface area contributed by atoms with Crippen molar-refractivity contribution in [1.29, 1.82) is 0 Å². The zero-order chi connectivity index (χ0) is 20.7. The summed E-state index contributed by atoms with van der Waals surface area (Å²) in [6.07, 6.45) is -1.95. The van der Waals surface area contributed by atoms with E-state index in [0.717, 1.165) is 0 Å². The van der Waals surface area contributed by atoms with Crippen molar-refractivity contribution in [3.05, 3.63) is 24.2 Å². The van der Waals surface area contributed by atoms with Gasteiger partial charge in [0.15, 0.2) is 12.6 Å². The average molecular weight is 394 g/mol. The van der Waals surface area contributed by atoms with Gasteiger partial charge in [0.25, 0.3) is 0 Å². The first kappa shape index (κ1) is 20.5. The number of carbonyl (C=O) groups is 1. The molecule has 0 amide bonds. The number of fused-ring (bicyclic) bond motifs is 1. The number of anilines is 1. The third kappa shape index (κ3) is 3.55. The maximum absolute atomic E-state index is 11.7. The number of aliphatic hydroxyl groups is 2. The van der Waals surface area contributed by atoms with Crippen molar-refractivity contribution >= 4 is 17.3 Å². The SMILES string of the molecule is CC(C)(C)C(=O)OCOC[C@H]1O[C@@](C)(c2ccc3c(N)ncnn23)[C@H](O)[C@@H]1O. The molecule has 0 aromatic carbocycles. The molecule has 3 rings (SSSR count). The summed E-state index contributed by atoms with van der Waals surface area (Å²) in [7, 11) is 0. The van der Waals surface area contributed by atoms with Crippen molar-refractivity contribution in [3.8, 4) is 0 Å². The smallest absolute Gasteiger partial charge is 0.313 e. The molecule has 10 heteroatoms. The van der Waals surface area contributed by atoms with Gasteiger partial charge in [0.05, 0.1) is 17.7 Å². The molecule has 4 N–H and O–H groups in total. The lowest BCUT2D eigenvalue weighted by molar-refractivity contribution is -0.171. The van der Waals surface area contributed by atoms with Gasteiger partial charge in [-0.2, -0.15) is 5.10 Å². The van der Waals surface area contributed by atoms with E-state index in [9.17, 15) is 15.0 Å². The Morgan fingerprint density at radius 3 is 2.79 bits per heavy atom. The summed E-state index contributed by atoms with van der Waals surface area (Å²) < 4.78 is 17.8. The van der Waals surface area contributed by atoms with Gasteiger partial charge >= 0.3 is 5.97 Å². The zero-order valence-corrected chi connectivity index (χ0v) is 16.3. The van der Waals surface area contributed by atoms with Crippen LogP contribution in [0.2, 0.25) is 0 Å². The van der Waals surface area contributed by atoms with E-state index in [1.165, 1.54) is 10.8 Å². The Morgan fingerprint density at radius 1 is 1.39 bits per heavy atom. The Hall–Kier alpha value is -2.27. The fraction of sp³-hybridized carbons (Fsp3) is 0.611. The van der Waals surface area contributed by atoms with Gasteiger partial charge in [0.1, 0.15) is 35.8 Å². The van der Waals surface area contributed by atoms with Gasteiger partial charge in [-0.15, -0.1) is 0 Å². The molecule has 3 heterocycles. The molecule has 1 aliphatic heterocycles. The fourth-order valence-corrected chi connectivity index (χ4v) is 3.13. The van der Waals surface area contributed by atoms with E-state index in [4.69, 9.17) is 19.9 Å². The molecule has 10 nitrogen and oxygen atoms in total. The number of nitrogens with two attached hydrogens (primary N) is 1. The van der Waals surface area contributed by atoms with Crippen LogP contribution in [0.25, 0.3) is 5.52 Å². The molecule has 1 aliphatic rings. The minimum Gasteiger partial charge on any atom is -0.438 e. The second-order valence-corrected chi connectivity index (χ2v) is 8.03. The van der Waals surface area contributed by atoms with Crippen molar-refractivity contribution in [2.24, 2.45) is 5.41 Å². The monoisotopic (exact) mass is 394 g/mol. The van der Waals surface area contributed by atoms with Crippen LogP contribution >= 0.6 is 0 Å². The number of aromatic nitrogens is 3. The van der Waals surface area contributed by atoms with E-state index in [1.54, 1.807) is 39.8 Å². The molecular formula is C18H26N4O6. The predicted octanol–water partition coefficient (Wildman–Crippen LogP) is 0.211. The Bertz CT molecular complexity index is 863. The number of esters is 1. The van der Waals surface area contributed by atoms with Crippen LogP contribution in [0.1, 0.15) is 33.4 Å². The molecular weight excluding hydrogens is 368 g/mol. The molecule has 0 unspecified atom stereocenters. The summed E-state index contributed by atoms with van der Waals surface area (Å²) in [6.45, 7) is 6.52. The van der Waals surface area contributed by atoms with Crippen LogP contribution in [0, 0.1) is 5.41 Å². The van der Waals surface area contributed by atoms with E-state index in [1.807, 2.05) is 0 Å². The second kappa shape index (κ2) is 7.28. The van der Waals surface area contributed by atoms with Gasteiger partial charge in [-0.05, 0) is 39.8 Å². The van der Waals surface area contributed by atoms with E-state index < -0.39 is 35.3 Å². The standard InChI is InChI=1S/C18H26N4O6/c1-17(2,3)16(25)27-9-26-7-11-13(23)14(24)18(4,28-11)12-6-5-10-15(19)20-8-21-22(10)12/h5-6,8,11,13-14,23-24H,7,9H2,1-4H3,(H2,19,20,21)/t11-,13-,14-,18+/m1/s1. The predicted molar refractivity (Wildman–Crippen MR) is 98.0 cm³/mol. The lowest BCUT2D eigenvalue weighted by atomic mass is 9.93. The number of rotatable bonds is 5. The summed E-state index contributed by atoms with van der Waals surface area (Å²) in [6, 6.07) is 3.43. The molecule has 1 saturated heterocycles. The van der Waals surface area contributed by atoms with Crippen molar-refractivity contribution in [2.45, 2.75) is 51.6 Å². The van der Waals surface area contributed by atoms with Crippen LogP contribution in [0.5, 0.6) is 0 Å². The molecule has 0 aliphatic carbocycles. The largest absolute Gasteiger partial charge is 0.438 e. The molecule has 4 atom stereocenters. The molecule has 0 spiro atoms. The molecule has 28 heavy (non-hydrogen) atoms. The van der Waals surface area contributed by atoms with Crippen LogP contribution in [0.4, 0.5) is 5.82 Å². The van der Waals surface area contributed by atoms with Crippen LogP contribution < -0.4 is 5.73 Å². The number of hydrogen-bond donors (Lipinski definition) is 3. The normalized spacial score (nSPS) is 28.0. The average Bonchev–Trinajstić information content (AvgIpc) is 3.15. The van der Waals surface area contributed by atoms with E-state index in [2.05, 4.69) is 10.1 Å². The minimum atomic E-state index is -1.25. The molecule has 2 aromatic heterocycles. The highest BCUT2D eigenvalue weighted by atomic mass is 16.7. The molecule has 0 radical (unpaired) electrons. The third-order valence-corrected chi connectivity index (χ3v) is 4.82. The van der Waals surface area contributed by atoms with Crippen molar-refractivity contribution in [2.75, 3.05) is 19.1 Å². The van der Waals surface area contributed by atoms with Crippen LogP contribution in [-0.2, 0) is 24.6 Å².